The summed E-state index contributed by atoms with van der Waals surface area (Å²) in [6.45, 7) is 7.22. The molecule has 0 radical (unpaired) electrons. The van der Waals surface area contributed by atoms with Crippen LogP contribution >= 0.6 is 0 Å². The number of pyridine rings is 1. The Morgan fingerprint density at radius 3 is 2.72 bits per heavy atom. The Kier molecular flexibility index (Phi) is 4.62. The average molecular weight is 342 g/mol. The van der Waals surface area contributed by atoms with Crippen molar-refractivity contribution in [2.45, 2.75) is 45.6 Å². The zero-order valence-corrected chi connectivity index (χ0v) is 14.8. The van der Waals surface area contributed by atoms with E-state index in [9.17, 15) is 10.1 Å². The Bertz CT molecular complexity index is 768. The number of rotatable bonds is 2. The third-order valence-electron chi connectivity index (χ3n) is 4.51. The molecule has 0 N–H and O–H groups in total. The molecule has 132 valence electrons. The van der Waals surface area contributed by atoms with E-state index in [4.69, 9.17) is 4.84 Å². The molecule has 7 nitrogen and oxygen atoms in total. The van der Waals surface area contributed by atoms with Crippen molar-refractivity contribution in [1.82, 2.24) is 4.98 Å². The summed E-state index contributed by atoms with van der Waals surface area (Å²) in [5.41, 5.74) is 1.29. The van der Waals surface area contributed by atoms with Crippen LogP contribution in [0.5, 0.6) is 0 Å². The van der Waals surface area contributed by atoms with Gasteiger partial charge in [-0.3, -0.25) is 10.1 Å². The second-order valence-electron chi connectivity index (χ2n) is 6.95. The van der Waals surface area contributed by atoms with Crippen molar-refractivity contribution in [1.29, 1.82) is 0 Å². The molecule has 0 unspecified atom stereocenters. The molecular weight excluding hydrogens is 320 g/mol. The molecule has 0 aliphatic carbocycles. The number of anilines is 1. The number of nitro groups is 1. The summed E-state index contributed by atoms with van der Waals surface area (Å²) in [6, 6.07) is 3.19. The highest BCUT2D eigenvalue weighted by Gasteiger charge is 2.42. The van der Waals surface area contributed by atoms with E-state index in [2.05, 4.69) is 22.0 Å². The van der Waals surface area contributed by atoms with Crippen molar-refractivity contribution < 1.29 is 9.76 Å². The van der Waals surface area contributed by atoms with Crippen molar-refractivity contribution in [2.24, 2.45) is 11.1 Å². The highest BCUT2D eigenvalue weighted by Crippen LogP contribution is 2.37. The molecule has 3 rings (SSSR count). The zero-order valence-electron chi connectivity index (χ0n) is 14.8. The third-order valence-corrected chi connectivity index (χ3v) is 4.51. The number of hydrogen-bond acceptors (Lipinski definition) is 6. The lowest BCUT2D eigenvalue weighted by Gasteiger charge is -2.37. The van der Waals surface area contributed by atoms with E-state index in [-0.39, 0.29) is 16.2 Å². The second kappa shape index (κ2) is 6.71. The van der Waals surface area contributed by atoms with Crippen molar-refractivity contribution >= 4 is 17.2 Å². The molecule has 25 heavy (non-hydrogen) atoms. The molecule has 1 saturated heterocycles. The van der Waals surface area contributed by atoms with Gasteiger partial charge in [-0.25, -0.2) is 4.98 Å². The fraction of sp³-hybridized carbons (Fsp3) is 0.556. The largest absolute Gasteiger partial charge is 0.388 e. The summed E-state index contributed by atoms with van der Waals surface area (Å²) in [5.74, 6) is 6.94. The van der Waals surface area contributed by atoms with Crippen LogP contribution in [-0.2, 0) is 4.84 Å². The van der Waals surface area contributed by atoms with Gasteiger partial charge in [-0.05, 0) is 18.9 Å². The Hall–Kier alpha value is -2.62. The molecule has 3 heterocycles. The Morgan fingerprint density at radius 1 is 1.36 bits per heavy atom. The van der Waals surface area contributed by atoms with E-state index in [0.29, 0.717) is 31.2 Å². The summed E-state index contributed by atoms with van der Waals surface area (Å²) in [7, 11) is 0. The van der Waals surface area contributed by atoms with Crippen LogP contribution in [0.2, 0.25) is 0 Å². The first kappa shape index (κ1) is 17.2. The highest BCUT2D eigenvalue weighted by atomic mass is 16.7. The summed E-state index contributed by atoms with van der Waals surface area (Å²) in [4.78, 5) is 23.0. The molecule has 0 amide bonds. The minimum atomic E-state index is -0.374. The lowest BCUT2D eigenvalue weighted by molar-refractivity contribution is -0.384. The van der Waals surface area contributed by atoms with E-state index < -0.39 is 0 Å². The maximum atomic E-state index is 11.3. The van der Waals surface area contributed by atoms with E-state index in [1.807, 2.05) is 25.7 Å². The van der Waals surface area contributed by atoms with Crippen LogP contribution in [0.15, 0.2) is 17.3 Å². The van der Waals surface area contributed by atoms with Gasteiger partial charge in [0.15, 0.2) is 0 Å². The van der Waals surface area contributed by atoms with Gasteiger partial charge in [0.05, 0.1) is 4.92 Å². The van der Waals surface area contributed by atoms with Crippen molar-refractivity contribution in [3.05, 3.63) is 27.9 Å². The number of nitrogens with zero attached hydrogens (tertiary/aromatic N) is 4. The average Bonchev–Trinajstić information content (AvgIpc) is 2.96. The Labute approximate surface area is 147 Å². The minimum absolute atomic E-state index is 0.0497. The molecule has 2 aliphatic rings. The van der Waals surface area contributed by atoms with Crippen LogP contribution in [0.4, 0.5) is 11.5 Å². The van der Waals surface area contributed by atoms with Crippen LogP contribution < -0.4 is 4.90 Å². The topological polar surface area (TPSA) is 80.9 Å². The van der Waals surface area contributed by atoms with E-state index >= 15 is 0 Å². The van der Waals surface area contributed by atoms with Gasteiger partial charge in [-0.2, -0.15) is 0 Å². The zero-order chi connectivity index (χ0) is 18.0. The fourth-order valence-corrected chi connectivity index (χ4v) is 3.12. The number of aromatic nitrogens is 1. The smallest absolute Gasteiger partial charge is 0.311 e. The first-order valence-electron chi connectivity index (χ1n) is 8.52. The normalized spacial score (nSPS) is 18.6. The lowest BCUT2D eigenvalue weighted by atomic mass is 9.87. The summed E-state index contributed by atoms with van der Waals surface area (Å²) in [6.07, 6.45) is 2.20. The number of aryl methyl sites for hydroxylation is 1. The highest BCUT2D eigenvalue weighted by molar-refractivity contribution is 6.01. The molecule has 1 spiro atoms. The van der Waals surface area contributed by atoms with Crippen LogP contribution in [0.25, 0.3) is 0 Å². The van der Waals surface area contributed by atoms with E-state index in [1.54, 1.807) is 6.07 Å². The first-order valence-corrected chi connectivity index (χ1v) is 8.52. The molecule has 0 saturated carbocycles. The number of oxime groups is 1. The van der Waals surface area contributed by atoms with Gasteiger partial charge >= 0.3 is 5.69 Å². The molecule has 2 aliphatic heterocycles. The van der Waals surface area contributed by atoms with Crippen molar-refractivity contribution in [3.8, 4) is 11.8 Å². The molecule has 1 fully saturated rings. The Balaban J connectivity index is 1.69. The predicted octanol–water partition coefficient (Wildman–Crippen LogP) is 3.07. The second-order valence-corrected chi connectivity index (χ2v) is 6.95. The molecule has 0 bridgehead atoms. The van der Waals surface area contributed by atoms with Gasteiger partial charge in [0.25, 0.3) is 0 Å². The Morgan fingerprint density at radius 2 is 2.08 bits per heavy atom. The predicted molar refractivity (Wildman–Crippen MR) is 95.6 cm³/mol. The lowest BCUT2D eigenvalue weighted by Crippen LogP contribution is -2.45. The molecule has 1 aromatic heterocycles. The maximum Gasteiger partial charge on any atom is 0.311 e. The van der Waals surface area contributed by atoms with Crippen molar-refractivity contribution in [3.63, 3.8) is 0 Å². The quantitative estimate of drug-likeness (QED) is 0.469. The number of piperidine rings is 1. The summed E-state index contributed by atoms with van der Waals surface area (Å²) >= 11 is 0. The van der Waals surface area contributed by atoms with Gasteiger partial charge in [0.1, 0.15) is 11.3 Å². The summed E-state index contributed by atoms with van der Waals surface area (Å²) in [5, 5.41) is 15.4. The van der Waals surface area contributed by atoms with Gasteiger partial charge in [-0.15, -0.1) is 0 Å². The van der Waals surface area contributed by atoms with Crippen molar-refractivity contribution in [2.75, 3.05) is 18.0 Å². The monoisotopic (exact) mass is 342 g/mol. The SMILES string of the molecule is Cc1ccc([N+](=O)[O-])c(N2CCC3(CC2)CC(C#CC(C)C)=NO3)n1. The van der Waals surface area contributed by atoms with Gasteiger partial charge in [0.2, 0.25) is 5.82 Å². The molecule has 7 heteroatoms. The van der Waals surface area contributed by atoms with Crippen LogP contribution in [0.1, 0.15) is 38.8 Å². The third kappa shape index (κ3) is 3.73. The summed E-state index contributed by atoms with van der Waals surface area (Å²) < 4.78 is 0. The standard InChI is InChI=1S/C18H22N4O3/c1-13(2)4-6-15-12-18(25-20-15)8-10-21(11-9-18)17-16(22(23)24)7-5-14(3)19-17/h5,7,13H,8-12H2,1-3H3. The van der Waals surface area contributed by atoms with E-state index in [1.165, 1.54) is 6.07 Å². The van der Waals surface area contributed by atoms with Gasteiger partial charge in [0, 0.05) is 50.0 Å². The molecule has 1 aromatic rings. The molecular formula is C18H22N4O3. The van der Waals surface area contributed by atoms with Crippen LogP contribution in [0, 0.1) is 34.8 Å². The van der Waals surface area contributed by atoms with Crippen LogP contribution in [0.3, 0.4) is 0 Å². The van der Waals surface area contributed by atoms with Gasteiger partial charge in [-0.1, -0.05) is 24.9 Å². The minimum Gasteiger partial charge on any atom is -0.388 e. The molecule has 0 atom stereocenters. The van der Waals surface area contributed by atoms with Gasteiger partial charge < -0.3 is 9.74 Å². The fourth-order valence-electron chi connectivity index (χ4n) is 3.12. The first-order chi connectivity index (χ1) is 11.9. The number of hydrogen-bond donors (Lipinski definition) is 0. The maximum absolute atomic E-state index is 11.3. The van der Waals surface area contributed by atoms with Crippen LogP contribution in [-0.4, -0.2) is 34.3 Å². The molecule has 0 aromatic carbocycles. The van der Waals surface area contributed by atoms with E-state index in [0.717, 1.165) is 24.2 Å².